The van der Waals surface area contributed by atoms with Gasteiger partial charge in [-0.15, -0.1) is 0 Å². The van der Waals surface area contributed by atoms with Crippen molar-refractivity contribution in [2.45, 2.75) is 26.3 Å². The highest BCUT2D eigenvalue weighted by atomic mass is 16.5. The van der Waals surface area contributed by atoms with E-state index in [0.717, 1.165) is 24.2 Å². The van der Waals surface area contributed by atoms with Crippen LogP contribution in [0.4, 0.5) is 0 Å². The Balaban J connectivity index is 1.79. The highest BCUT2D eigenvalue weighted by Gasteiger charge is 2.06. The molecule has 0 unspecified atom stereocenters. The first-order valence-corrected chi connectivity index (χ1v) is 8.38. The molecular formula is C20H23NO4. The lowest BCUT2D eigenvalue weighted by molar-refractivity contribution is -0.123. The number of rotatable bonds is 10. The van der Waals surface area contributed by atoms with Gasteiger partial charge < -0.3 is 14.8 Å². The van der Waals surface area contributed by atoms with Crippen molar-refractivity contribution >= 4 is 12.2 Å². The molecule has 0 spiro atoms. The van der Waals surface area contributed by atoms with Gasteiger partial charge in [0.15, 0.2) is 12.9 Å². The Morgan fingerprint density at radius 1 is 1.12 bits per heavy atom. The van der Waals surface area contributed by atoms with Crippen molar-refractivity contribution in [2.75, 3.05) is 13.2 Å². The Bertz CT molecular complexity index is 700. The van der Waals surface area contributed by atoms with Crippen LogP contribution in [0, 0.1) is 0 Å². The van der Waals surface area contributed by atoms with E-state index in [0.29, 0.717) is 30.8 Å². The molecule has 2 aromatic rings. The van der Waals surface area contributed by atoms with Gasteiger partial charge in [0.25, 0.3) is 5.91 Å². The van der Waals surface area contributed by atoms with Crippen molar-refractivity contribution in [3.63, 3.8) is 0 Å². The highest BCUT2D eigenvalue weighted by Crippen LogP contribution is 2.16. The van der Waals surface area contributed by atoms with Gasteiger partial charge in [0.2, 0.25) is 0 Å². The Kier molecular flexibility index (Phi) is 7.50. The number of ether oxygens (including phenoxy) is 2. The van der Waals surface area contributed by atoms with Crippen molar-refractivity contribution in [3.8, 4) is 11.5 Å². The Labute approximate surface area is 148 Å². The topological polar surface area (TPSA) is 64.6 Å². The first-order chi connectivity index (χ1) is 12.2. The van der Waals surface area contributed by atoms with Gasteiger partial charge in [0.05, 0.1) is 12.2 Å². The average Bonchev–Trinajstić information content (AvgIpc) is 2.65. The summed E-state index contributed by atoms with van der Waals surface area (Å²) in [6.45, 7) is 3.06. The van der Waals surface area contributed by atoms with Gasteiger partial charge in [-0.1, -0.05) is 37.6 Å². The van der Waals surface area contributed by atoms with Crippen LogP contribution in [-0.4, -0.2) is 25.4 Å². The second-order valence-electron chi connectivity index (χ2n) is 5.57. The maximum absolute atomic E-state index is 11.9. The Morgan fingerprint density at radius 3 is 2.76 bits per heavy atom. The molecule has 0 radical (unpaired) electrons. The number of aldehydes is 1. The number of nitrogens with one attached hydrogen (secondary N) is 1. The third-order valence-corrected chi connectivity index (χ3v) is 3.56. The molecule has 132 valence electrons. The number of carbonyl (C=O) groups is 2. The maximum Gasteiger partial charge on any atom is 0.258 e. The third-order valence-electron chi connectivity index (χ3n) is 3.56. The van der Waals surface area contributed by atoms with E-state index < -0.39 is 0 Å². The zero-order chi connectivity index (χ0) is 17.9. The lowest BCUT2D eigenvalue weighted by Crippen LogP contribution is -2.28. The molecule has 0 atom stereocenters. The highest BCUT2D eigenvalue weighted by molar-refractivity contribution is 5.80. The monoisotopic (exact) mass is 341 g/mol. The van der Waals surface area contributed by atoms with Gasteiger partial charge in [-0.2, -0.15) is 0 Å². The van der Waals surface area contributed by atoms with Crippen molar-refractivity contribution in [1.29, 1.82) is 0 Å². The molecule has 5 heteroatoms. The standard InChI is InChI=1S/C20H23NO4/c1-2-3-11-24-18-9-6-7-16(12-18)13-21-20(23)15-25-19-10-5-4-8-17(19)14-22/h4-10,12,14H,2-3,11,13,15H2,1H3,(H,21,23). The molecule has 0 saturated heterocycles. The second kappa shape index (κ2) is 10.1. The molecule has 0 aliphatic heterocycles. The number of amides is 1. The summed E-state index contributed by atoms with van der Waals surface area (Å²) in [6, 6.07) is 14.4. The van der Waals surface area contributed by atoms with Crippen molar-refractivity contribution in [1.82, 2.24) is 5.32 Å². The summed E-state index contributed by atoms with van der Waals surface area (Å²) in [7, 11) is 0. The molecule has 0 aliphatic carbocycles. The fourth-order valence-electron chi connectivity index (χ4n) is 2.18. The van der Waals surface area contributed by atoms with Crippen LogP contribution < -0.4 is 14.8 Å². The van der Waals surface area contributed by atoms with E-state index in [-0.39, 0.29) is 12.5 Å². The average molecular weight is 341 g/mol. The normalized spacial score (nSPS) is 10.1. The molecule has 5 nitrogen and oxygen atoms in total. The molecule has 25 heavy (non-hydrogen) atoms. The molecule has 2 rings (SSSR count). The van der Waals surface area contributed by atoms with Crippen LogP contribution in [0.2, 0.25) is 0 Å². The van der Waals surface area contributed by atoms with E-state index in [1.807, 2.05) is 24.3 Å². The molecular weight excluding hydrogens is 318 g/mol. The molecule has 0 bridgehead atoms. The summed E-state index contributed by atoms with van der Waals surface area (Å²) in [5.74, 6) is 0.952. The lowest BCUT2D eigenvalue weighted by Gasteiger charge is -2.10. The van der Waals surface area contributed by atoms with E-state index in [9.17, 15) is 9.59 Å². The third kappa shape index (κ3) is 6.30. The zero-order valence-electron chi connectivity index (χ0n) is 14.4. The number of para-hydroxylation sites is 1. The maximum atomic E-state index is 11.9. The fraction of sp³-hybridized carbons (Fsp3) is 0.300. The minimum absolute atomic E-state index is 0.141. The zero-order valence-corrected chi connectivity index (χ0v) is 14.4. The molecule has 0 aromatic heterocycles. The van der Waals surface area contributed by atoms with Crippen molar-refractivity contribution in [3.05, 3.63) is 59.7 Å². The van der Waals surface area contributed by atoms with Gasteiger partial charge in [-0.25, -0.2) is 0 Å². The minimum Gasteiger partial charge on any atom is -0.494 e. The van der Waals surface area contributed by atoms with E-state index in [4.69, 9.17) is 9.47 Å². The van der Waals surface area contributed by atoms with E-state index in [2.05, 4.69) is 12.2 Å². The Morgan fingerprint density at radius 2 is 1.96 bits per heavy atom. The summed E-state index contributed by atoms with van der Waals surface area (Å²) >= 11 is 0. The number of carbonyl (C=O) groups excluding carboxylic acids is 2. The van der Waals surface area contributed by atoms with E-state index >= 15 is 0 Å². The van der Waals surface area contributed by atoms with Crippen molar-refractivity contribution < 1.29 is 19.1 Å². The van der Waals surface area contributed by atoms with Gasteiger partial charge in [0, 0.05) is 6.54 Å². The van der Waals surface area contributed by atoms with Crippen LogP contribution in [-0.2, 0) is 11.3 Å². The largest absolute Gasteiger partial charge is 0.494 e. The molecule has 2 aromatic carbocycles. The second-order valence-corrected chi connectivity index (χ2v) is 5.57. The predicted molar refractivity (Wildman–Crippen MR) is 96.0 cm³/mol. The fourth-order valence-corrected chi connectivity index (χ4v) is 2.18. The number of benzene rings is 2. The number of unbranched alkanes of at least 4 members (excludes halogenated alkanes) is 1. The molecule has 0 fully saturated rings. The SMILES string of the molecule is CCCCOc1cccc(CNC(=O)COc2ccccc2C=O)c1. The summed E-state index contributed by atoms with van der Waals surface area (Å²) < 4.78 is 11.1. The summed E-state index contributed by atoms with van der Waals surface area (Å²) in [5, 5.41) is 2.79. The number of hydrogen-bond acceptors (Lipinski definition) is 4. The van der Waals surface area contributed by atoms with Crippen LogP contribution >= 0.6 is 0 Å². The summed E-state index contributed by atoms with van der Waals surface area (Å²) in [5.41, 5.74) is 1.38. The quantitative estimate of drug-likeness (QED) is 0.531. The first kappa shape index (κ1) is 18.5. The molecule has 1 N–H and O–H groups in total. The van der Waals surface area contributed by atoms with Gasteiger partial charge in [-0.3, -0.25) is 9.59 Å². The molecule has 0 heterocycles. The van der Waals surface area contributed by atoms with Crippen LogP contribution in [0.15, 0.2) is 48.5 Å². The van der Waals surface area contributed by atoms with Crippen LogP contribution in [0.1, 0.15) is 35.7 Å². The Hall–Kier alpha value is -2.82. The lowest BCUT2D eigenvalue weighted by atomic mass is 10.2. The van der Waals surface area contributed by atoms with Crippen LogP contribution in [0.25, 0.3) is 0 Å². The summed E-state index contributed by atoms with van der Waals surface area (Å²) in [6.07, 6.45) is 2.81. The van der Waals surface area contributed by atoms with Gasteiger partial charge in [0.1, 0.15) is 11.5 Å². The van der Waals surface area contributed by atoms with Crippen LogP contribution in [0.3, 0.4) is 0 Å². The van der Waals surface area contributed by atoms with Crippen molar-refractivity contribution in [2.24, 2.45) is 0 Å². The van der Waals surface area contributed by atoms with Gasteiger partial charge >= 0.3 is 0 Å². The predicted octanol–water partition coefficient (Wildman–Crippen LogP) is 3.37. The molecule has 0 aliphatic rings. The molecule has 1 amide bonds. The van der Waals surface area contributed by atoms with Crippen LogP contribution in [0.5, 0.6) is 11.5 Å². The van der Waals surface area contributed by atoms with E-state index in [1.54, 1.807) is 24.3 Å². The number of hydrogen-bond donors (Lipinski definition) is 1. The van der Waals surface area contributed by atoms with Gasteiger partial charge in [-0.05, 0) is 36.2 Å². The first-order valence-electron chi connectivity index (χ1n) is 8.38. The summed E-state index contributed by atoms with van der Waals surface area (Å²) in [4.78, 5) is 22.8. The molecule has 0 saturated carbocycles. The van der Waals surface area contributed by atoms with E-state index in [1.165, 1.54) is 0 Å². The minimum atomic E-state index is -0.252. The smallest absolute Gasteiger partial charge is 0.258 e.